The third-order valence-electron chi connectivity index (χ3n) is 5.50. The number of carbonyl (C=O) groups excluding carboxylic acids is 1. The molecular formula is C20H29FN2O2. The monoisotopic (exact) mass is 348 g/mol. The smallest absolute Gasteiger partial charge is 0.251 e. The van der Waals surface area contributed by atoms with Crippen LogP contribution < -0.4 is 0 Å². The number of carbonyl (C=O) groups is 1. The Morgan fingerprint density at radius 3 is 2.68 bits per heavy atom. The highest BCUT2D eigenvalue weighted by molar-refractivity contribution is 5.81. The van der Waals surface area contributed by atoms with E-state index in [1.165, 1.54) is 6.07 Å². The van der Waals surface area contributed by atoms with E-state index < -0.39 is 0 Å². The van der Waals surface area contributed by atoms with E-state index >= 15 is 0 Å². The van der Waals surface area contributed by atoms with Crippen LogP contribution in [0.4, 0.5) is 4.39 Å². The van der Waals surface area contributed by atoms with Gasteiger partial charge in [-0.25, -0.2) is 4.39 Å². The Labute approximate surface area is 149 Å². The summed E-state index contributed by atoms with van der Waals surface area (Å²) in [6, 6.07) is 6.85. The minimum Gasteiger partial charge on any atom is -0.360 e. The molecule has 1 aromatic carbocycles. The number of hydrogen-bond acceptors (Lipinski definition) is 3. The van der Waals surface area contributed by atoms with Crippen molar-refractivity contribution in [2.75, 3.05) is 33.2 Å². The van der Waals surface area contributed by atoms with Gasteiger partial charge < -0.3 is 14.5 Å². The number of halogens is 1. The van der Waals surface area contributed by atoms with Gasteiger partial charge >= 0.3 is 0 Å². The van der Waals surface area contributed by atoms with Gasteiger partial charge in [-0.1, -0.05) is 26.0 Å². The van der Waals surface area contributed by atoms with Crippen LogP contribution >= 0.6 is 0 Å². The molecule has 0 radical (unpaired) electrons. The van der Waals surface area contributed by atoms with Crippen molar-refractivity contribution in [3.05, 3.63) is 35.6 Å². The Morgan fingerprint density at radius 2 is 2.04 bits per heavy atom. The highest BCUT2D eigenvalue weighted by Gasteiger charge is 2.46. The third kappa shape index (κ3) is 4.21. The Bertz CT molecular complexity index is 611. The van der Waals surface area contributed by atoms with Crippen LogP contribution in [-0.4, -0.2) is 60.6 Å². The van der Waals surface area contributed by atoms with Crippen molar-refractivity contribution in [1.82, 2.24) is 9.80 Å². The van der Waals surface area contributed by atoms with Gasteiger partial charge in [0.2, 0.25) is 0 Å². The van der Waals surface area contributed by atoms with E-state index in [2.05, 4.69) is 4.90 Å². The van der Waals surface area contributed by atoms with E-state index in [-0.39, 0.29) is 29.3 Å². The molecule has 1 amide bonds. The largest absolute Gasteiger partial charge is 0.360 e. The fraction of sp³-hybridized carbons (Fsp3) is 0.650. The summed E-state index contributed by atoms with van der Waals surface area (Å²) in [5.74, 6) is 0.130. The average molecular weight is 348 g/mol. The van der Waals surface area contributed by atoms with Crippen LogP contribution in [0.3, 0.4) is 0 Å². The molecule has 2 fully saturated rings. The maximum absolute atomic E-state index is 13.3. The molecule has 1 atom stereocenters. The summed E-state index contributed by atoms with van der Waals surface area (Å²) >= 11 is 0. The fourth-order valence-corrected chi connectivity index (χ4v) is 3.95. The van der Waals surface area contributed by atoms with Crippen molar-refractivity contribution in [2.45, 2.75) is 44.8 Å². The molecular weight excluding hydrogens is 319 g/mol. The molecule has 2 heterocycles. The molecule has 2 aliphatic rings. The van der Waals surface area contributed by atoms with E-state index in [0.717, 1.165) is 44.5 Å². The van der Waals surface area contributed by atoms with Crippen LogP contribution in [0.15, 0.2) is 24.3 Å². The Hall–Kier alpha value is -1.46. The summed E-state index contributed by atoms with van der Waals surface area (Å²) in [6.07, 6.45) is 2.42. The quantitative estimate of drug-likeness (QED) is 0.839. The number of morpholine rings is 1. The third-order valence-corrected chi connectivity index (χ3v) is 5.50. The normalized spacial score (nSPS) is 24.3. The Kier molecular flexibility index (Phi) is 5.44. The lowest BCUT2D eigenvalue weighted by Crippen LogP contribution is -2.62. The SMILES string of the molecule is CC(C)[C@H]1OC2(CCN(CCc3cccc(F)c3)CC2)CN(C)C1=O. The first-order chi connectivity index (χ1) is 11.9. The number of likely N-dealkylation sites (N-methyl/N-ethyl adjacent to an activating group) is 1. The van der Waals surface area contributed by atoms with Gasteiger partial charge in [0, 0.05) is 33.2 Å². The van der Waals surface area contributed by atoms with Gasteiger partial charge in [-0.2, -0.15) is 0 Å². The van der Waals surface area contributed by atoms with Crippen LogP contribution in [-0.2, 0) is 16.0 Å². The number of rotatable bonds is 4. The molecule has 0 unspecified atom stereocenters. The van der Waals surface area contributed by atoms with Crippen molar-refractivity contribution in [3.63, 3.8) is 0 Å². The lowest BCUT2D eigenvalue weighted by atomic mass is 9.87. The molecule has 2 saturated heterocycles. The zero-order valence-electron chi connectivity index (χ0n) is 15.5. The van der Waals surface area contributed by atoms with Crippen molar-refractivity contribution in [2.24, 2.45) is 5.92 Å². The minimum absolute atomic E-state index is 0.106. The molecule has 3 rings (SSSR count). The van der Waals surface area contributed by atoms with E-state index in [9.17, 15) is 9.18 Å². The lowest BCUT2D eigenvalue weighted by Gasteiger charge is -2.49. The summed E-state index contributed by atoms with van der Waals surface area (Å²) in [6.45, 7) is 7.63. The van der Waals surface area contributed by atoms with Crippen molar-refractivity contribution >= 4 is 5.91 Å². The van der Waals surface area contributed by atoms with Gasteiger partial charge in [0.05, 0.1) is 5.60 Å². The molecule has 5 heteroatoms. The van der Waals surface area contributed by atoms with Crippen LogP contribution in [0.25, 0.3) is 0 Å². The highest BCUT2D eigenvalue weighted by Crippen LogP contribution is 2.34. The van der Waals surface area contributed by atoms with Crippen molar-refractivity contribution in [3.8, 4) is 0 Å². The zero-order chi connectivity index (χ0) is 18.0. The van der Waals surface area contributed by atoms with Crippen molar-refractivity contribution in [1.29, 1.82) is 0 Å². The topological polar surface area (TPSA) is 32.8 Å². The maximum atomic E-state index is 13.3. The lowest BCUT2D eigenvalue weighted by molar-refractivity contribution is -0.197. The molecule has 0 aromatic heterocycles. The predicted octanol–water partition coefficient (Wildman–Crippen LogP) is 2.72. The number of benzene rings is 1. The van der Waals surface area contributed by atoms with E-state index in [1.54, 1.807) is 12.1 Å². The molecule has 4 nitrogen and oxygen atoms in total. The van der Waals surface area contributed by atoms with Gasteiger partial charge in [-0.15, -0.1) is 0 Å². The van der Waals surface area contributed by atoms with E-state index in [0.29, 0.717) is 6.54 Å². The second-order valence-electron chi connectivity index (χ2n) is 7.88. The summed E-state index contributed by atoms with van der Waals surface area (Å²) in [7, 11) is 1.89. The maximum Gasteiger partial charge on any atom is 0.251 e. The van der Waals surface area contributed by atoms with Crippen LogP contribution in [0.2, 0.25) is 0 Å². The first-order valence-corrected chi connectivity index (χ1v) is 9.28. The van der Waals surface area contributed by atoms with Gasteiger partial charge in [0.1, 0.15) is 11.9 Å². The molecule has 0 N–H and O–H groups in total. The first-order valence-electron chi connectivity index (χ1n) is 9.28. The molecule has 1 spiro atoms. The van der Waals surface area contributed by atoms with Crippen LogP contribution in [0.1, 0.15) is 32.3 Å². The number of ether oxygens (including phenoxy) is 1. The number of amides is 1. The van der Waals surface area contributed by atoms with Gasteiger partial charge in [-0.05, 0) is 42.9 Å². The van der Waals surface area contributed by atoms with E-state index in [4.69, 9.17) is 4.74 Å². The molecule has 1 aromatic rings. The number of hydrogen-bond donors (Lipinski definition) is 0. The molecule has 0 bridgehead atoms. The molecule has 0 saturated carbocycles. The highest BCUT2D eigenvalue weighted by atomic mass is 19.1. The molecule has 2 aliphatic heterocycles. The minimum atomic E-state index is -0.322. The summed E-state index contributed by atoms with van der Waals surface area (Å²) in [4.78, 5) is 16.6. The summed E-state index contributed by atoms with van der Waals surface area (Å²) in [5.41, 5.74) is 0.840. The second-order valence-corrected chi connectivity index (χ2v) is 7.88. The zero-order valence-corrected chi connectivity index (χ0v) is 15.5. The molecule has 25 heavy (non-hydrogen) atoms. The molecule has 0 aliphatic carbocycles. The first kappa shape index (κ1) is 18.3. The van der Waals surface area contributed by atoms with Crippen LogP contribution in [0.5, 0.6) is 0 Å². The average Bonchev–Trinajstić information content (AvgIpc) is 2.58. The number of likely N-dealkylation sites (tertiary alicyclic amines) is 1. The number of nitrogens with zero attached hydrogens (tertiary/aromatic N) is 2. The summed E-state index contributed by atoms with van der Waals surface area (Å²) in [5, 5.41) is 0. The van der Waals surface area contributed by atoms with E-state index in [1.807, 2.05) is 31.9 Å². The predicted molar refractivity (Wildman–Crippen MR) is 95.9 cm³/mol. The van der Waals surface area contributed by atoms with Gasteiger partial charge in [0.15, 0.2) is 0 Å². The van der Waals surface area contributed by atoms with Gasteiger partial charge in [-0.3, -0.25) is 4.79 Å². The fourth-order valence-electron chi connectivity index (χ4n) is 3.95. The standard InChI is InChI=1S/C20H29FN2O2/c1-15(2)18-19(24)22(3)14-20(25-18)8-11-23(12-9-20)10-7-16-5-4-6-17(21)13-16/h4-6,13,15,18H,7-12,14H2,1-3H3/t18-/m1/s1. The number of piperidine rings is 1. The Balaban J connectivity index is 1.55. The van der Waals surface area contributed by atoms with Crippen molar-refractivity contribution < 1.29 is 13.9 Å². The van der Waals surface area contributed by atoms with Gasteiger partial charge in [0.25, 0.3) is 5.91 Å². The molecule has 138 valence electrons. The summed E-state index contributed by atoms with van der Waals surface area (Å²) < 4.78 is 19.6. The second kappa shape index (κ2) is 7.42. The van der Waals surface area contributed by atoms with Crippen LogP contribution in [0, 0.1) is 11.7 Å². The Morgan fingerprint density at radius 1 is 1.32 bits per heavy atom.